The molecule has 2 rings (SSSR count). The number of aryl methyl sites for hydroxylation is 1. The quantitative estimate of drug-likeness (QED) is 0.917. The van der Waals surface area contributed by atoms with Gasteiger partial charge in [0.15, 0.2) is 0 Å². The predicted molar refractivity (Wildman–Crippen MR) is 85.4 cm³/mol. The maximum Gasteiger partial charge on any atom is 0.255 e. The van der Waals surface area contributed by atoms with Crippen molar-refractivity contribution in [3.63, 3.8) is 0 Å². The standard InChI is InChI=1S/C17H21N3O/c1-4-18-16-10-9-14(11-19-16)17(21)20(3)12-15-8-6-5-7-13(15)2/h5-11H,4,12H2,1-3H3,(H,18,19). The molecule has 0 unspecified atom stereocenters. The third-order valence-electron chi connectivity index (χ3n) is 3.38. The molecule has 0 aliphatic carbocycles. The molecule has 0 aliphatic heterocycles. The molecule has 0 atom stereocenters. The van der Waals surface area contributed by atoms with Crippen molar-refractivity contribution < 1.29 is 4.79 Å². The van der Waals surface area contributed by atoms with Crippen molar-refractivity contribution in [2.75, 3.05) is 18.9 Å². The minimum atomic E-state index is -0.0196. The van der Waals surface area contributed by atoms with Gasteiger partial charge in [-0.15, -0.1) is 0 Å². The first-order chi connectivity index (χ1) is 10.1. The van der Waals surface area contributed by atoms with Gasteiger partial charge in [-0.25, -0.2) is 4.98 Å². The molecule has 1 aromatic carbocycles. The number of amides is 1. The lowest BCUT2D eigenvalue weighted by Crippen LogP contribution is -2.26. The van der Waals surface area contributed by atoms with Gasteiger partial charge in [0.25, 0.3) is 5.91 Å². The smallest absolute Gasteiger partial charge is 0.255 e. The monoisotopic (exact) mass is 283 g/mol. The van der Waals surface area contributed by atoms with E-state index < -0.39 is 0 Å². The summed E-state index contributed by atoms with van der Waals surface area (Å²) in [5.41, 5.74) is 2.95. The molecule has 1 amide bonds. The number of nitrogens with one attached hydrogen (secondary N) is 1. The Balaban J connectivity index is 2.07. The zero-order valence-electron chi connectivity index (χ0n) is 12.8. The summed E-state index contributed by atoms with van der Waals surface area (Å²) in [4.78, 5) is 18.3. The van der Waals surface area contributed by atoms with Crippen molar-refractivity contribution in [2.45, 2.75) is 20.4 Å². The van der Waals surface area contributed by atoms with Gasteiger partial charge in [-0.1, -0.05) is 24.3 Å². The summed E-state index contributed by atoms with van der Waals surface area (Å²) in [7, 11) is 1.81. The van der Waals surface area contributed by atoms with Gasteiger partial charge in [-0.3, -0.25) is 4.79 Å². The second-order valence-electron chi connectivity index (χ2n) is 5.05. The van der Waals surface area contributed by atoms with Gasteiger partial charge >= 0.3 is 0 Å². The van der Waals surface area contributed by atoms with Gasteiger partial charge in [0, 0.05) is 26.3 Å². The highest BCUT2D eigenvalue weighted by molar-refractivity contribution is 5.93. The number of benzene rings is 1. The summed E-state index contributed by atoms with van der Waals surface area (Å²) in [6, 6.07) is 11.7. The molecule has 1 N–H and O–H groups in total. The van der Waals surface area contributed by atoms with Gasteiger partial charge in [0.1, 0.15) is 5.82 Å². The first-order valence-corrected chi connectivity index (χ1v) is 7.11. The van der Waals surface area contributed by atoms with Crippen molar-refractivity contribution >= 4 is 11.7 Å². The van der Waals surface area contributed by atoms with E-state index in [4.69, 9.17) is 0 Å². The highest BCUT2D eigenvalue weighted by atomic mass is 16.2. The van der Waals surface area contributed by atoms with Crippen LogP contribution >= 0.6 is 0 Å². The average molecular weight is 283 g/mol. The minimum absolute atomic E-state index is 0.0196. The van der Waals surface area contributed by atoms with Crippen LogP contribution in [0.5, 0.6) is 0 Å². The van der Waals surface area contributed by atoms with Crippen molar-refractivity contribution in [2.24, 2.45) is 0 Å². The molecule has 0 saturated heterocycles. The van der Waals surface area contributed by atoms with Crippen molar-refractivity contribution in [1.82, 2.24) is 9.88 Å². The van der Waals surface area contributed by atoms with Crippen LogP contribution in [0.1, 0.15) is 28.4 Å². The molecule has 4 heteroatoms. The third kappa shape index (κ3) is 3.81. The van der Waals surface area contributed by atoms with E-state index in [1.807, 2.05) is 44.3 Å². The van der Waals surface area contributed by atoms with Gasteiger partial charge in [-0.05, 0) is 37.1 Å². The summed E-state index contributed by atoms with van der Waals surface area (Å²) in [6.07, 6.45) is 1.62. The molecule has 0 saturated carbocycles. The van der Waals surface area contributed by atoms with Crippen LogP contribution in [0, 0.1) is 6.92 Å². The molecule has 21 heavy (non-hydrogen) atoms. The molecular weight excluding hydrogens is 262 g/mol. The Kier molecular flexibility index (Phi) is 4.93. The fourth-order valence-electron chi connectivity index (χ4n) is 2.14. The molecule has 0 radical (unpaired) electrons. The van der Waals surface area contributed by atoms with Crippen molar-refractivity contribution in [3.05, 3.63) is 59.3 Å². The van der Waals surface area contributed by atoms with Crippen LogP contribution in [-0.2, 0) is 6.54 Å². The Labute approximate surface area is 125 Å². The summed E-state index contributed by atoms with van der Waals surface area (Å²) in [6.45, 7) is 5.48. The SMILES string of the molecule is CCNc1ccc(C(=O)N(C)Cc2ccccc2C)cn1. The maximum absolute atomic E-state index is 12.4. The number of carbonyl (C=O) groups is 1. The van der Waals surface area contributed by atoms with Crippen LogP contribution in [0.25, 0.3) is 0 Å². The predicted octanol–water partition coefficient (Wildman–Crippen LogP) is 3.09. The summed E-state index contributed by atoms with van der Waals surface area (Å²) < 4.78 is 0. The lowest BCUT2D eigenvalue weighted by molar-refractivity contribution is 0.0784. The maximum atomic E-state index is 12.4. The Morgan fingerprint density at radius 3 is 2.62 bits per heavy atom. The average Bonchev–Trinajstić information content (AvgIpc) is 2.50. The second-order valence-corrected chi connectivity index (χ2v) is 5.05. The second kappa shape index (κ2) is 6.88. The molecule has 4 nitrogen and oxygen atoms in total. The molecule has 1 aromatic heterocycles. The van der Waals surface area contributed by atoms with Crippen LogP contribution in [0.15, 0.2) is 42.6 Å². The fraction of sp³-hybridized carbons (Fsp3) is 0.294. The lowest BCUT2D eigenvalue weighted by atomic mass is 10.1. The van der Waals surface area contributed by atoms with Crippen molar-refractivity contribution in [1.29, 1.82) is 0 Å². The molecule has 1 heterocycles. The van der Waals surface area contributed by atoms with Gasteiger partial charge < -0.3 is 10.2 Å². The number of hydrogen-bond donors (Lipinski definition) is 1. The number of rotatable bonds is 5. The molecule has 2 aromatic rings. The molecule has 0 fully saturated rings. The van der Waals surface area contributed by atoms with Crippen LogP contribution in [0.3, 0.4) is 0 Å². The van der Waals surface area contributed by atoms with Crippen LogP contribution < -0.4 is 5.32 Å². The topological polar surface area (TPSA) is 45.2 Å². The first-order valence-electron chi connectivity index (χ1n) is 7.11. The first kappa shape index (κ1) is 15.0. The molecule has 0 bridgehead atoms. The van der Waals surface area contributed by atoms with E-state index in [1.54, 1.807) is 11.1 Å². The number of carbonyl (C=O) groups excluding carboxylic acids is 1. The number of anilines is 1. The van der Waals surface area contributed by atoms with Crippen LogP contribution in [-0.4, -0.2) is 29.4 Å². The molecule has 0 aliphatic rings. The van der Waals surface area contributed by atoms with Gasteiger partial charge in [0.2, 0.25) is 0 Å². The van der Waals surface area contributed by atoms with Crippen molar-refractivity contribution in [3.8, 4) is 0 Å². The van der Waals surface area contributed by atoms with E-state index in [1.165, 1.54) is 5.56 Å². The largest absolute Gasteiger partial charge is 0.370 e. The summed E-state index contributed by atoms with van der Waals surface area (Å²) in [5, 5.41) is 3.11. The summed E-state index contributed by atoms with van der Waals surface area (Å²) in [5.74, 6) is 0.768. The normalized spacial score (nSPS) is 10.2. The third-order valence-corrected chi connectivity index (χ3v) is 3.38. The van der Waals surface area contributed by atoms with Gasteiger partial charge in [-0.2, -0.15) is 0 Å². The zero-order valence-corrected chi connectivity index (χ0v) is 12.8. The lowest BCUT2D eigenvalue weighted by Gasteiger charge is -2.18. The van der Waals surface area contributed by atoms with E-state index in [2.05, 4.69) is 23.3 Å². The zero-order chi connectivity index (χ0) is 15.2. The van der Waals surface area contributed by atoms with E-state index in [9.17, 15) is 4.79 Å². The van der Waals surface area contributed by atoms with E-state index in [0.717, 1.165) is 17.9 Å². The van der Waals surface area contributed by atoms with E-state index in [-0.39, 0.29) is 5.91 Å². The summed E-state index contributed by atoms with van der Waals surface area (Å²) >= 11 is 0. The number of pyridine rings is 1. The molecular formula is C17H21N3O. The van der Waals surface area contributed by atoms with E-state index >= 15 is 0 Å². The Hall–Kier alpha value is -2.36. The Bertz CT molecular complexity index is 608. The molecule has 0 spiro atoms. The van der Waals surface area contributed by atoms with Crippen LogP contribution in [0.2, 0.25) is 0 Å². The van der Waals surface area contributed by atoms with Crippen LogP contribution in [0.4, 0.5) is 5.82 Å². The minimum Gasteiger partial charge on any atom is -0.370 e. The molecule has 110 valence electrons. The van der Waals surface area contributed by atoms with Gasteiger partial charge in [0.05, 0.1) is 5.56 Å². The van der Waals surface area contributed by atoms with E-state index in [0.29, 0.717) is 12.1 Å². The Morgan fingerprint density at radius 1 is 1.24 bits per heavy atom. The highest BCUT2D eigenvalue weighted by Crippen LogP contribution is 2.12. The number of aromatic nitrogens is 1. The number of hydrogen-bond acceptors (Lipinski definition) is 3. The Morgan fingerprint density at radius 2 is 2.00 bits per heavy atom. The number of nitrogens with zero attached hydrogens (tertiary/aromatic N) is 2. The fourth-order valence-corrected chi connectivity index (χ4v) is 2.14. The highest BCUT2D eigenvalue weighted by Gasteiger charge is 2.13.